The second-order valence-corrected chi connectivity index (χ2v) is 7.20. The number of esters is 1. The predicted molar refractivity (Wildman–Crippen MR) is 109 cm³/mol. The number of rotatable bonds is 6. The minimum absolute atomic E-state index is 0.0433. The number of hydrogen-bond acceptors (Lipinski definition) is 6. The Morgan fingerprint density at radius 2 is 1.77 bits per heavy atom. The molecule has 1 atom stereocenters. The zero-order valence-electron chi connectivity index (χ0n) is 16.5. The number of carbonyl (C=O) groups excluding carboxylic acids is 3. The molecular formula is C21H21N3O6. The van der Waals surface area contributed by atoms with Crippen LogP contribution in [-0.2, 0) is 14.3 Å². The fraction of sp³-hybridized carbons (Fsp3) is 0.286. The monoisotopic (exact) mass is 411 g/mol. The third kappa shape index (κ3) is 4.80. The molecule has 1 saturated heterocycles. The second-order valence-electron chi connectivity index (χ2n) is 7.20. The molecule has 0 unspecified atom stereocenters. The van der Waals surface area contributed by atoms with Crippen LogP contribution in [0.25, 0.3) is 0 Å². The van der Waals surface area contributed by atoms with Gasteiger partial charge in [0.1, 0.15) is 0 Å². The first-order chi connectivity index (χ1) is 14.2. The maximum absolute atomic E-state index is 12.6. The molecular weight excluding hydrogens is 390 g/mol. The third-order valence-electron chi connectivity index (χ3n) is 4.60. The average Bonchev–Trinajstić information content (AvgIpc) is 3.10. The Morgan fingerprint density at radius 3 is 2.33 bits per heavy atom. The molecule has 1 fully saturated rings. The van der Waals surface area contributed by atoms with Crippen LogP contribution in [0.1, 0.15) is 30.6 Å². The van der Waals surface area contributed by atoms with Crippen molar-refractivity contribution in [2.75, 3.05) is 16.8 Å². The standard InChI is InChI=1S/C21H21N3O6/c1-13(2)30-21(27)14-3-5-16(6-4-14)22-20(26)15-11-19(25)23(12-15)17-7-9-18(10-8-17)24(28)29/h3-10,13,15H,11-12H2,1-2H3,(H,22,26)/t15-/m0/s1. The number of benzene rings is 2. The van der Waals surface area contributed by atoms with E-state index in [-0.39, 0.29) is 36.6 Å². The van der Waals surface area contributed by atoms with Crippen molar-refractivity contribution >= 4 is 34.8 Å². The minimum atomic E-state index is -0.557. The number of non-ortho nitro benzene ring substituents is 1. The normalized spacial score (nSPS) is 15.9. The molecule has 2 amide bonds. The van der Waals surface area contributed by atoms with Gasteiger partial charge >= 0.3 is 5.97 Å². The maximum atomic E-state index is 12.6. The zero-order valence-corrected chi connectivity index (χ0v) is 16.5. The Balaban J connectivity index is 1.62. The van der Waals surface area contributed by atoms with Crippen LogP contribution >= 0.6 is 0 Å². The van der Waals surface area contributed by atoms with Crippen molar-refractivity contribution in [3.05, 3.63) is 64.2 Å². The molecule has 0 spiro atoms. The van der Waals surface area contributed by atoms with Crippen LogP contribution in [0.2, 0.25) is 0 Å². The summed E-state index contributed by atoms with van der Waals surface area (Å²) >= 11 is 0. The van der Waals surface area contributed by atoms with Crippen LogP contribution in [0.4, 0.5) is 17.1 Å². The molecule has 0 aromatic heterocycles. The van der Waals surface area contributed by atoms with E-state index in [1.807, 2.05) is 0 Å². The number of anilines is 2. The van der Waals surface area contributed by atoms with E-state index in [0.29, 0.717) is 16.9 Å². The number of nitrogens with one attached hydrogen (secondary N) is 1. The van der Waals surface area contributed by atoms with Gasteiger partial charge in [-0.15, -0.1) is 0 Å². The first-order valence-corrected chi connectivity index (χ1v) is 9.41. The van der Waals surface area contributed by atoms with Gasteiger partial charge < -0.3 is 15.0 Å². The minimum Gasteiger partial charge on any atom is -0.459 e. The number of nitrogens with zero attached hydrogens (tertiary/aromatic N) is 2. The topological polar surface area (TPSA) is 119 Å². The van der Waals surface area contributed by atoms with Gasteiger partial charge in [-0.1, -0.05) is 0 Å². The van der Waals surface area contributed by atoms with E-state index in [2.05, 4.69) is 5.32 Å². The van der Waals surface area contributed by atoms with E-state index in [1.165, 1.54) is 29.2 Å². The highest BCUT2D eigenvalue weighted by atomic mass is 16.6. The summed E-state index contributed by atoms with van der Waals surface area (Å²) < 4.78 is 5.12. The average molecular weight is 411 g/mol. The van der Waals surface area contributed by atoms with Crippen LogP contribution in [0.5, 0.6) is 0 Å². The molecule has 2 aromatic rings. The summed E-state index contributed by atoms with van der Waals surface area (Å²) in [5, 5.41) is 13.5. The lowest BCUT2D eigenvalue weighted by Crippen LogP contribution is -2.28. The Hall–Kier alpha value is -3.75. The molecule has 9 heteroatoms. The molecule has 0 radical (unpaired) electrons. The molecule has 1 aliphatic heterocycles. The van der Waals surface area contributed by atoms with E-state index < -0.39 is 16.8 Å². The van der Waals surface area contributed by atoms with Crippen molar-refractivity contribution in [1.29, 1.82) is 0 Å². The predicted octanol–water partition coefficient (Wildman–Crippen LogP) is 3.15. The van der Waals surface area contributed by atoms with Crippen LogP contribution in [0.3, 0.4) is 0 Å². The fourth-order valence-corrected chi connectivity index (χ4v) is 3.10. The van der Waals surface area contributed by atoms with Crippen LogP contribution in [0.15, 0.2) is 48.5 Å². The smallest absolute Gasteiger partial charge is 0.338 e. The summed E-state index contributed by atoms with van der Waals surface area (Å²) in [7, 11) is 0. The van der Waals surface area contributed by atoms with Gasteiger partial charge in [0.15, 0.2) is 0 Å². The molecule has 1 N–H and O–H groups in total. The number of hydrogen-bond donors (Lipinski definition) is 1. The Bertz CT molecular complexity index is 969. The van der Waals surface area contributed by atoms with E-state index >= 15 is 0 Å². The number of nitro groups is 1. The SMILES string of the molecule is CC(C)OC(=O)c1ccc(NC(=O)[C@H]2CC(=O)N(c3ccc([N+](=O)[O-])cc3)C2)cc1. The molecule has 30 heavy (non-hydrogen) atoms. The molecule has 1 aliphatic rings. The van der Waals surface area contributed by atoms with Gasteiger partial charge in [-0.2, -0.15) is 0 Å². The summed E-state index contributed by atoms with van der Waals surface area (Å²) in [6.45, 7) is 3.70. The summed E-state index contributed by atoms with van der Waals surface area (Å²) in [5.41, 5.74) is 1.32. The Morgan fingerprint density at radius 1 is 1.13 bits per heavy atom. The van der Waals surface area contributed by atoms with Crippen LogP contribution in [0, 0.1) is 16.0 Å². The quantitative estimate of drug-likeness (QED) is 0.443. The third-order valence-corrected chi connectivity index (χ3v) is 4.60. The van der Waals surface area contributed by atoms with Gasteiger partial charge in [0.2, 0.25) is 11.8 Å². The van der Waals surface area contributed by atoms with Gasteiger partial charge in [-0.3, -0.25) is 19.7 Å². The Kier molecular flexibility index (Phi) is 6.10. The molecule has 9 nitrogen and oxygen atoms in total. The Labute approximate surface area is 172 Å². The van der Waals surface area contributed by atoms with Crippen molar-refractivity contribution in [2.24, 2.45) is 5.92 Å². The van der Waals surface area contributed by atoms with Gasteiger partial charge in [-0.05, 0) is 50.2 Å². The number of amides is 2. The lowest BCUT2D eigenvalue weighted by Gasteiger charge is -2.16. The van der Waals surface area contributed by atoms with Crippen molar-refractivity contribution < 1.29 is 24.0 Å². The first-order valence-electron chi connectivity index (χ1n) is 9.41. The van der Waals surface area contributed by atoms with Crippen LogP contribution < -0.4 is 10.2 Å². The molecule has 1 heterocycles. The number of ether oxygens (including phenoxy) is 1. The highest BCUT2D eigenvalue weighted by molar-refractivity contribution is 6.03. The van der Waals surface area contributed by atoms with Crippen LogP contribution in [-0.4, -0.2) is 35.4 Å². The molecule has 0 aliphatic carbocycles. The first kappa shape index (κ1) is 21.0. The van der Waals surface area contributed by atoms with Crippen molar-refractivity contribution in [3.63, 3.8) is 0 Å². The van der Waals surface area contributed by atoms with E-state index in [1.54, 1.807) is 38.1 Å². The lowest BCUT2D eigenvalue weighted by molar-refractivity contribution is -0.384. The number of carbonyl (C=O) groups is 3. The molecule has 2 aromatic carbocycles. The summed E-state index contributed by atoms with van der Waals surface area (Å²) in [4.78, 5) is 48.5. The largest absolute Gasteiger partial charge is 0.459 e. The molecule has 3 rings (SSSR count). The highest BCUT2D eigenvalue weighted by Crippen LogP contribution is 2.27. The van der Waals surface area contributed by atoms with E-state index in [9.17, 15) is 24.5 Å². The van der Waals surface area contributed by atoms with Crippen molar-refractivity contribution in [1.82, 2.24) is 0 Å². The fourth-order valence-electron chi connectivity index (χ4n) is 3.10. The van der Waals surface area contributed by atoms with E-state index in [0.717, 1.165) is 0 Å². The van der Waals surface area contributed by atoms with E-state index in [4.69, 9.17) is 4.74 Å². The van der Waals surface area contributed by atoms with Gasteiger partial charge in [0.25, 0.3) is 5.69 Å². The summed E-state index contributed by atoms with van der Waals surface area (Å²) in [6, 6.07) is 11.9. The summed E-state index contributed by atoms with van der Waals surface area (Å²) in [5.74, 6) is -1.54. The lowest BCUT2D eigenvalue weighted by atomic mass is 10.1. The van der Waals surface area contributed by atoms with Gasteiger partial charge in [0, 0.05) is 36.5 Å². The van der Waals surface area contributed by atoms with Crippen molar-refractivity contribution in [2.45, 2.75) is 26.4 Å². The zero-order chi connectivity index (χ0) is 21.8. The number of nitro benzene ring substituents is 1. The molecule has 0 bridgehead atoms. The van der Waals surface area contributed by atoms with Gasteiger partial charge in [0.05, 0.1) is 22.5 Å². The highest BCUT2D eigenvalue weighted by Gasteiger charge is 2.35. The van der Waals surface area contributed by atoms with Gasteiger partial charge in [-0.25, -0.2) is 4.79 Å². The van der Waals surface area contributed by atoms with Crippen molar-refractivity contribution in [3.8, 4) is 0 Å². The molecule has 156 valence electrons. The summed E-state index contributed by atoms with van der Waals surface area (Å²) in [6.07, 6.45) is -0.183. The molecule has 0 saturated carbocycles. The second kappa shape index (κ2) is 8.73. The maximum Gasteiger partial charge on any atom is 0.338 e.